The summed E-state index contributed by atoms with van der Waals surface area (Å²) in [6, 6.07) is 3.61. The largest absolute Gasteiger partial charge is 0.416 e. The highest BCUT2D eigenvalue weighted by atomic mass is 19.4. The molecule has 1 atom stereocenters. The predicted octanol–water partition coefficient (Wildman–Crippen LogP) is 3.90. The minimum atomic E-state index is -4.70. The second-order valence-electron chi connectivity index (χ2n) is 8.06. The maximum absolute atomic E-state index is 14.6. The SMILES string of the molecule is CC(C)(C)[C@@H](NC(=O)c1cc(=O)[nH]c(-c2ncccn2)n1)c1ccc(C(F)(F)F)cc1F. The lowest BCUT2D eigenvalue weighted by atomic mass is 9.81. The van der Waals surface area contributed by atoms with Crippen molar-refractivity contribution in [2.75, 3.05) is 0 Å². The molecule has 0 aliphatic carbocycles. The van der Waals surface area contributed by atoms with Crippen molar-refractivity contribution in [2.45, 2.75) is 33.0 Å². The lowest BCUT2D eigenvalue weighted by molar-refractivity contribution is -0.137. The van der Waals surface area contributed by atoms with Crippen LogP contribution in [0.1, 0.15) is 48.4 Å². The van der Waals surface area contributed by atoms with Gasteiger partial charge in [0.1, 0.15) is 11.5 Å². The van der Waals surface area contributed by atoms with E-state index in [2.05, 4.69) is 25.3 Å². The Morgan fingerprint density at radius 2 is 1.75 bits per heavy atom. The summed E-state index contributed by atoms with van der Waals surface area (Å²) in [5.74, 6) is -1.89. The zero-order valence-electron chi connectivity index (χ0n) is 17.3. The van der Waals surface area contributed by atoms with Gasteiger partial charge in [0, 0.05) is 24.0 Å². The van der Waals surface area contributed by atoms with Crippen LogP contribution in [-0.4, -0.2) is 25.8 Å². The van der Waals surface area contributed by atoms with Crippen LogP contribution in [0.25, 0.3) is 11.6 Å². The van der Waals surface area contributed by atoms with Gasteiger partial charge < -0.3 is 10.3 Å². The highest BCUT2D eigenvalue weighted by Gasteiger charge is 2.35. The summed E-state index contributed by atoms with van der Waals surface area (Å²) in [5, 5.41) is 2.58. The first kappa shape index (κ1) is 23.0. The normalized spacial score (nSPS) is 13.0. The molecule has 0 aliphatic rings. The van der Waals surface area contributed by atoms with Gasteiger partial charge in [0.15, 0.2) is 11.6 Å². The Balaban J connectivity index is 1.97. The molecule has 11 heteroatoms. The fourth-order valence-electron chi connectivity index (χ4n) is 3.00. The smallest absolute Gasteiger partial charge is 0.343 e. The van der Waals surface area contributed by atoms with E-state index in [9.17, 15) is 27.2 Å². The van der Waals surface area contributed by atoms with Crippen molar-refractivity contribution in [2.24, 2.45) is 5.41 Å². The average Bonchev–Trinajstić information content (AvgIpc) is 2.71. The van der Waals surface area contributed by atoms with Crippen LogP contribution < -0.4 is 10.9 Å². The molecule has 2 heterocycles. The second-order valence-corrected chi connectivity index (χ2v) is 8.06. The summed E-state index contributed by atoms with van der Waals surface area (Å²) in [5.41, 5.74) is -2.97. The number of amides is 1. The lowest BCUT2D eigenvalue weighted by Crippen LogP contribution is -2.38. The van der Waals surface area contributed by atoms with Crippen molar-refractivity contribution < 1.29 is 22.4 Å². The molecule has 32 heavy (non-hydrogen) atoms. The van der Waals surface area contributed by atoms with Crippen molar-refractivity contribution in [3.05, 3.63) is 75.7 Å². The molecule has 0 bridgehead atoms. The Bertz CT molecular complexity index is 1190. The summed E-state index contributed by atoms with van der Waals surface area (Å²) in [4.78, 5) is 39.3. The van der Waals surface area contributed by atoms with E-state index in [4.69, 9.17) is 0 Å². The number of halogens is 4. The van der Waals surface area contributed by atoms with Crippen molar-refractivity contribution in [1.29, 1.82) is 0 Å². The summed E-state index contributed by atoms with van der Waals surface area (Å²) < 4.78 is 53.3. The van der Waals surface area contributed by atoms with Gasteiger partial charge in [-0.2, -0.15) is 13.2 Å². The Hall–Kier alpha value is -3.63. The zero-order valence-corrected chi connectivity index (χ0v) is 17.3. The van der Waals surface area contributed by atoms with Gasteiger partial charge in [-0.25, -0.2) is 19.3 Å². The van der Waals surface area contributed by atoms with Crippen LogP contribution in [0.4, 0.5) is 17.6 Å². The van der Waals surface area contributed by atoms with Gasteiger partial charge in [0.2, 0.25) is 0 Å². The van der Waals surface area contributed by atoms with Crippen LogP contribution in [0.5, 0.6) is 0 Å². The number of carbonyl (C=O) groups is 1. The number of alkyl halides is 3. The number of aromatic amines is 1. The van der Waals surface area contributed by atoms with E-state index in [0.29, 0.717) is 6.07 Å². The van der Waals surface area contributed by atoms with Crippen LogP contribution in [0, 0.1) is 11.2 Å². The van der Waals surface area contributed by atoms with Gasteiger partial charge in [0.25, 0.3) is 11.5 Å². The second kappa shape index (κ2) is 8.48. The number of nitrogens with one attached hydrogen (secondary N) is 2. The van der Waals surface area contributed by atoms with Gasteiger partial charge in [-0.1, -0.05) is 26.8 Å². The molecule has 3 rings (SSSR count). The lowest BCUT2D eigenvalue weighted by Gasteiger charge is -2.32. The predicted molar refractivity (Wildman–Crippen MR) is 107 cm³/mol. The van der Waals surface area contributed by atoms with Crippen molar-refractivity contribution >= 4 is 5.91 Å². The van der Waals surface area contributed by atoms with E-state index in [0.717, 1.165) is 18.2 Å². The van der Waals surface area contributed by atoms with Gasteiger partial charge in [0.05, 0.1) is 11.6 Å². The topological polar surface area (TPSA) is 101 Å². The summed E-state index contributed by atoms with van der Waals surface area (Å²) >= 11 is 0. The molecule has 0 saturated heterocycles. The molecule has 168 valence electrons. The van der Waals surface area contributed by atoms with E-state index in [1.165, 1.54) is 12.4 Å². The van der Waals surface area contributed by atoms with E-state index in [1.54, 1.807) is 26.8 Å². The molecule has 7 nitrogen and oxygen atoms in total. The van der Waals surface area contributed by atoms with Crippen LogP contribution >= 0.6 is 0 Å². The summed E-state index contributed by atoms with van der Waals surface area (Å²) in [6.45, 7) is 5.05. The minimum absolute atomic E-state index is 0.0451. The molecule has 0 unspecified atom stereocenters. The third kappa shape index (κ3) is 5.16. The third-order valence-electron chi connectivity index (χ3n) is 4.53. The van der Waals surface area contributed by atoms with E-state index in [-0.39, 0.29) is 22.9 Å². The van der Waals surface area contributed by atoms with E-state index in [1.807, 2.05) is 0 Å². The molecular weight excluding hydrogens is 430 g/mol. The Morgan fingerprint density at radius 3 is 2.31 bits per heavy atom. The molecule has 1 aromatic carbocycles. The molecule has 2 N–H and O–H groups in total. The standard InChI is InChI=1S/C21H19F4N5O2/c1-20(2,3)16(12-6-5-11(9-13(12)22)21(23,24)25)30-19(32)14-10-15(31)29-18(28-14)17-26-7-4-8-27-17/h4-10,16H,1-3H3,(H,30,32)(H,28,29,31)/t16-/m0/s1. The quantitative estimate of drug-likeness (QED) is 0.589. The first-order valence-electron chi connectivity index (χ1n) is 9.42. The maximum Gasteiger partial charge on any atom is 0.416 e. The number of aromatic nitrogens is 4. The Labute approximate surface area is 180 Å². The molecule has 3 aromatic rings. The van der Waals surface area contributed by atoms with Crippen molar-refractivity contribution in [3.63, 3.8) is 0 Å². The van der Waals surface area contributed by atoms with Crippen molar-refractivity contribution in [3.8, 4) is 11.6 Å². The monoisotopic (exact) mass is 449 g/mol. The first-order chi connectivity index (χ1) is 14.9. The molecule has 0 aliphatic heterocycles. The fourth-order valence-corrected chi connectivity index (χ4v) is 3.00. The molecule has 2 aromatic heterocycles. The number of nitrogens with zero attached hydrogens (tertiary/aromatic N) is 3. The molecule has 0 fully saturated rings. The van der Waals surface area contributed by atoms with Gasteiger partial charge >= 0.3 is 6.18 Å². The Morgan fingerprint density at radius 1 is 1.09 bits per heavy atom. The van der Waals surface area contributed by atoms with Crippen LogP contribution in [0.15, 0.2) is 47.5 Å². The molecule has 0 radical (unpaired) electrons. The number of benzene rings is 1. The highest BCUT2D eigenvalue weighted by molar-refractivity contribution is 5.92. The number of H-pyrrole nitrogens is 1. The van der Waals surface area contributed by atoms with E-state index < -0.39 is 40.5 Å². The number of carbonyl (C=O) groups excluding carboxylic acids is 1. The number of rotatable bonds is 4. The third-order valence-corrected chi connectivity index (χ3v) is 4.53. The van der Waals surface area contributed by atoms with E-state index >= 15 is 0 Å². The maximum atomic E-state index is 14.6. The fraction of sp³-hybridized carbons (Fsp3) is 0.286. The Kier molecular flexibility index (Phi) is 6.11. The summed E-state index contributed by atoms with van der Waals surface area (Å²) in [7, 11) is 0. The average molecular weight is 449 g/mol. The summed E-state index contributed by atoms with van der Waals surface area (Å²) in [6.07, 6.45) is -1.85. The van der Waals surface area contributed by atoms with Crippen molar-refractivity contribution in [1.82, 2.24) is 25.3 Å². The minimum Gasteiger partial charge on any atom is -0.343 e. The van der Waals surface area contributed by atoms with Crippen LogP contribution in [-0.2, 0) is 6.18 Å². The zero-order chi connectivity index (χ0) is 23.7. The highest BCUT2D eigenvalue weighted by Crippen LogP contribution is 2.37. The van der Waals surface area contributed by atoms with Crippen LogP contribution in [0.3, 0.4) is 0 Å². The van der Waals surface area contributed by atoms with Crippen LogP contribution in [0.2, 0.25) is 0 Å². The van der Waals surface area contributed by atoms with Gasteiger partial charge in [-0.05, 0) is 23.6 Å². The molecule has 0 spiro atoms. The number of hydrogen-bond donors (Lipinski definition) is 2. The van der Waals surface area contributed by atoms with Gasteiger partial charge in [-0.3, -0.25) is 9.59 Å². The molecular formula is C21H19F4N5O2. The van der Waals surface area contributed by atoms with Gasteiger partial charge in [-0.15, -0.1) is 0 Å². The molecule has 0 saturated carbocycles. The first-order valence-corrected chi connectivity index (χ1v) is 9.42. The molecule has 1 amide bonds. The number of hydrogen-bond acceptors (Lipinski definition) is 5.